The van der Waals surface area contributed by atoms with Crippen LogP contribution in [0, 0.1) is 6.92 Å². The Kier molecular flexibility index (Phi) is 2.73. The SMILES string of the molecule is Cc1ccccc1S(=O)(=O)n1cc(Cl)cn1. The summed E-state index contributed by atoms with van der Waals surface area (Å²) in [4.78, 5) is 0.231. The second-order valence-corrected chi connectivity index (χ2v) is 5.50. The predicted molar refractivity (Wildman–Crippen MR) is 61.0 cm³/mol. The number of rotatable bonds is 2. The quantitative estimate of drug-likeness (QED) is 0.827. The second kappa shape index (κ2) is 3.92. The smallest absolute Gasteiger partial charge is 0.199 e. The van der Waals surface area contributed by atoms with Crippen molar-refractivity contribution in [1.29, 1.82) is 0 Å². The Morgan fingerprint density at radius 2 is 2.00 bits per heavy atom. The maximum Gasteiger partial charge on any atom is 0.283 e. The number of aryl methyl sites for hydroxylation is 1. The predicted octanol–water partition coefficient (Wildman–Crippen LogP) is 2.08. The minimum absolute atomic E-state index is 0.231. The van der Waals surface area contributed by atoms with E-state index >= 15 is 0 Å². The second-order valence-electron chi connectivity index (χ2n) is 3.30. The molecular formula is C10H9ClN2O2S. The van der Waals surface area contributed by atoms with Crippen LogP contribution in [0.1, 0.15) is 5.56 Å². The molecule has 1 heterocycles. The van der Waals surface area contributed by atoms with E-state index in [1.165, 1.54) is 12.4 Å². The van der Waals surface area contributed by atoms with E-state index in [-0.39, 0.29) is 9.92 Å². The molecule has 0 fully saturated rings. The summed E-state index contributed by atoms with van der Waals surface area (Å²) in [6.45, 7) is 1.73. The van der Waals surface area contributed by atoms with E-state index in [0.29, 0.717) is 5.56 Å². The standard InChI is InChI=1S/C10H9ClN2O2S/c1-8-4-2-3-5-10(8)16(14,15)13-7-9(11)6-12-13/h2-7H,1H3. The number of hydrogen-bond donors (Lipinski definition) is 0. The summed E-state index contributed by atoms with van der Waals surface area (Å²) in [5, 5.41) is 3.99. The first-order valence-corrected chi connectivity index (χ1v) is 6.35. The van der Waals surface area contributed by atoms with Gasteiger partial charge in [-0.1, -0.05) is 29.8 Å². The Hall–Kier alpha value is -1.33. The molecular weight excluding hydrogens is 248 g/mol. The Morgan fingerprint density at radius 1 is 1.31 bits per heavy atom. The largest absolute Gasteiger partial charge is 0.283 e. The molecule has 0 aliphatic rings. The molecule has 84 valence electrons. The van der Waals surface area contributed by atoms with Crippen LogP contribution in [0.4, 0.5) is 0 Å². The van der Waals surface area contributed by atoms with Gasteiger partial charge in [-0.05, 0) is 18.6 Å². The third kappa shape index (κ3) is 1.83. The molecule has 0 N–H and O–H groups in total. The van der Waals surface area contributed by atoms with Crippen LogP contribution < -0.4 is 0 Å². The van der Waals surface area contributed by atoms with Crippen LogP contribution in [0.5, 0.6) is 0 Å². The number of benzene rings is 1. The van der Waals surface area contributed by atoms with E-state index < -0.39 is 10.0 Å². The molecule has 0 saturated carbocycles. The maximum atomic E-state index is 12.1. The Labute approximate surface area is 98.5 Å². The molecule has 0 bridgehead atoms. The molecule has 0 aliphatic carbocycles. The molecule has 16 heavy (non-hydrogen) atoms. The van der Waals surface area contributed by atoms with Gasteiger partial charge < -0.3 is 0 Å². The molecule has 6 heteroatoms. The number of nitrogens with zero attached hydrogens (tertiary/aromatic N) is 2. The van der Waals surface area contributed by atoms with Gasteiger partial charge >= 0.3 is 0 Å². The van der Waals surface area contributed by atoms with Crippen LogP contribution in [0.3, 0.4) is 0 Å². The monoisotopic (exact) mass is 256 g/mol. The topological polar surface area (TPSA) is 52.0 Å². The zero-order valence-corrected chi connectivity index (χ0v) is 10.0. The van der Waals surface area contributed by atoms with Gasteiger partial charge in [0.2, 0.25) is 0 Å². The van der Waals surface area contributed by atoms with Gasteiger partial charge in [-0.25, -0.2) is 0 Å². The first-order chi connectivity index (χ1) is 7.51. The minimum Gasteiger partial charge on any atom is -0.199 e. The van der Waals surface area contributed by atoms with Crippen LogP contribution in [0.25, 0.3) is 0 Å². The number of halogens is 1. The molecule has 2 aromatic rings. The maximum absolute atomic E-state index is 12.1. The summed E-state index contributed by atoms with van der Waals surface area (Å²) in [7, 11) is -3.63. The lowest BCUT2D eigenvalue weighted by atomic mass is 10.2. The van der Waals surface area contributed by atoms with Crippen molar-refractivity contribution in [3.8, 4) is 0 Å². The molecule has 0 saturated heterocycles. The lowest BCUT2D eigenvalue weighted by Crippen LogP contribution is -2.14. The van der Waals surface area contributed by atoms with Crippen molar-refractivity contribution >= 4 is 21.6 Å². The molecule has 0 spiro atoms. The summed E-state index contributed by atoms with van der Waals surface area (Å²) < 4.78 is 25.1. The number of aromatic nitrogens is 2. The zero-order valence-electron chi connectivity index (χ0n) is 8.46. The summed E-state index contributed by atoms with van der Waals surface area (Å²) in [6, 6.07) is 6.73. The fourth-order valence-corrected chi connectivity index (χ4v) is 2.91. The molecule has 4 nitrogen and oxygen atoms in total. The van der Waals surface area contributed by atoms with Crippen molar-refractivity contribution in [3.05, 3.63) is 47.2 Å². The van der Waals surface area contributed by atoms with Crippen LogP contribution >= 0.6 is 11.6 Å². The van der Waals surface area contributed by atoms with Crippen LogP contribution in [-0.2, 0) is 10.0 Å². The van der Waals surface area contributed by atoms with Gasteiger partial charge in [-0.3, -0.25) is 0 Å². The summed E-state index contributed by atoms with van der Waals surface area (Å²) in [5.41, 5.74) is 0.675. The van der Waals surface area contributed by atoms with Crippen molar-refractivity contribution in [1.82, 2.24) is 9.19 Å². The first-order valence-electron chi connectivity index (χ1n) is 4.53. The summed E-state index contributed by atoms with van der Waals surface area (Å²) >= 11 is 5.65. The van der Waals surface area contributed by atoms with E-state index in [9.17, 15) is 8.42 Å². The lowest BCUT2D eigenvalue weighted by Gasteiger charge is -2.06. The molecule has 0 unspecified atom stereocenters. The molecule has 0 aliphatic heterocycles. The van der Waals surface area contributed by atoms with E-state index in [1.54, 1.807) is 31.2 Å². The Morgan fingerprint density at radius 3 is 2.56 bits per heavy atom. The first kappa shape index (κ1) is 11.2. The van der Waals surface area contributed by atoms with Gasteiger partial charge in [-0.2, -0.15) is 17.6 Å². The van der Waals surface area contributed by atoms with Gasteiger partial charge in [0.1, 0.15) is 0 Å². The Balaban J connectivity index is 2.60. The Bertz CT molecular complexity index is 619. The van der Waals surface area contributed by atoms with Gasteiger partial charge in [0.25, 0.3) is 10.0 Å². The fraction of sp³-hybridized carbons (Fsp3) is 0.100. The molecule has 2 rings (SSSR count). The lowest BCUT2D eigenvalue weighted by molar-refractivity contribution is 0.579. The minimum atomic E-state index is -3.63. The van der Waals surface area contributed by atoms with E-state index in [1.807, 2.05) is 0 Å². The van der Waals surface area contributed by atoms with Crippen LogP contribution in [0.15, 0.2) is 41.6 Å². The average molecular weight is 257 g/mol. The van der Waals surface area contributed by atoms with E-state index in [2.05, 4.69) is 5.10 Å². The molecule has 0 atom stereocenters. The van der Waals surface area contributed by atoms with E-state index in [4.69, 9.17) is 11.6 Å². The van der Waals surface area contributed by atoms with Crippen molar-refractivity contribution < 1.29 is 8.42 Å². The highest BCUT2D eigenvalue weighted by Crippen LogP contribution is 2.18. The average Bonchev–Trinajstić information content (AvgIpc) is 2.66. The van der Waals surface area contributed by atoms with Crippen molar-refractivity contribution in [3.63, 3.8) is 0 Å². The summed E-state index contributed by atoms with van der Waals surface area (Å²) in [6.07, 6.45) is 2.56. The van der Waals surface area contributed by atoms with Gasteiger partial charge in [0, 0.05) is 0 Å². The highest BCUT2D eigenvalue weighted by Gasteiger charge is 2.19. The summed E-state index contributed by atoms with van der Waals surface area (Å²) in [5.74, 6) is 0. The van der Waals surface area contributed by atoms with Crippen molar-refractivity contribution in [2.24, 2.45) is 0 Å². The van der Waals surface area contributed by atoms with Gasteiger partial charge in [-0.15, -0.1) is 0 Å². The van der Waals surface area contributed by atoms with Gasteiger partial charge in [0.05, 0.1) is 22.3 Å². The highest BCUT2D eigenvalue weighted by molar-refractivity contribution is 7.89. The van der Waals surface area contributed by atoms with Crippen LogP contribution in [-0.4, -0.2) is 17.6 Å². The number of hydrogen-bond acceptors (Lipinski definition) is 3. The highest BCUT2D eigenvalue weighted by atomic mass is 35.5. The fourth-order valence-electron chi connectivity index (χ4n) is 1.36. The van der Waals surface area contributed by atoms with Gasteiger partial charge in [0.15, 0.2) is 0 Å². The van der Waals surface area contributed by atoms with E-state index in [0.717, 1.165) is 4.09 Å². The van der Waals surface area contributed by atoms with Crippen molar-refractivity contribution in [2.45, 2.75) is 11.8 Å². The molecule has 0 radical (unpaired) electrons. The van der Waals surface area contributed by atoms with Crippen LogP contribution in [0.2, 0.25) is 5.02 Å². The third-order valence-corrected chi connectivity index (χ3v) is 4.05. The molecule has 0 amide bonds. The molecule has 1 aromatic carbocycles. The zero-order chi connectivity index (χ0) is 11.8. The normalized spacial score (nSPS) is 11.6. The molecule has 1 aromatic heterocycles. The third-order valence-electron chi connectivity index (χ3n) is 2.15. The van der Waals surface area contributed by atoms with Crippen molar-refractivity contribution in [2.75, 3.05) is 0 Å².